The highest BCUT2D eigenvalue weighted by Gasteiger charge is 2.14. The molecule has 0 bridgehead atoms. The lowest BCUT2D eigenvalue weighted by Gasteiger charge is -2.08. The van der Waals surface area contributed by atoms with E-state index in [1.54, 1.807) is 24.3 Å². The average molecular weight is 301 g/mol. The van der Waals surface area contributed by atoms with Crippen molar-refractivity contribution in [1.29, 1.82) is 0 Å². The monoisotopic (exact) mass is 300 g/mol. The summed E-state index contributed by atoms with van der Waals surface area (Å²) in [5.74, 6) is -3.14. The van der Waals surface area contributed by atoms with E-state index in [9.17, 15) is 9.59 Å². The van der Waals surface area contributed by atoms with Crippen LogP contribution in [0.2, 0.25) is 0 Å². The van der Waals surface area contributed by atoms with Crippen LogP contribution in [0.4, 0.5) is 0 Å². The van der Waals surface area contributed by atoms with Crippen molar-refractivity contribution in [2.45, 2.75) is 5.33 Å². The Morgan fingerprint density at radius 3 is 2.47 bits per heavy atom. The second-order valence-electron chi connectivity index (χ2n) is 3.00. The second kappa shape index (κ2) is 6.05. The molecule has 90 valence electrons. The number of hydrogen-bond acceptors (Lipinski definition) is 3. The van der Waals surface area contributed by atoms with Gasteiger partial charge in [0.2, 0.25) is 5.76 Å². The van der Waals surface area contributed by atoms with Gasteiger partial charge in [-0.25, -0.2) is 9.59 Å². The van der Waals surface area contributed by atoms with Gasteiger partial charge in [-0.15, -0.1) is 0 Å². The van der Waals surface area contributed by atoms with Gasteiger partial charge in [-0.2, -0.15) is 0 Å². The van der Waals surface area contributed by atoms with Crippen molar-refractivity contribution in [2.75, 3.05) is 0 Å². The molecule has 6 heteroatoms. The summed E-state index contributed by atoms with van der Waals surface area (Å²) in [5.41, 5.74) is 0.727. The Hall–Kier alpha value is -1.82. The third-order valence-electron chi connectivity index (χ3n) is 1.80. The van der Waals surface area contributed by atoms with Crippen molar-refractivity contribution in [2.24, 2.45) is 0 Å². The van der Waals surface area contributed by atoms with Crippen LogP contribution in [0.1, 0.15) is 5.56 Å². The highest BCUT2D eigenvalue weighted by atomic mass is 79.9. The topological polar surface area (TPSA) is 83.8 Å². The molecule has 1 rings (SSSR count). The van der Waals surface area contributed by atoms with E-state index in [0.717, 1.165) is 5.56 Å². The maximum atomic E-state index is 10.8. The summed E-state index contributed by atoms with van der Waals surface area (Å²) in [6.07, 6.45) is 0.507. The first kappa shape index (κ1) is 13.2. The third kappa shape index (κ3) is 3.92. The van der Waals surface area contributed by atoms with Gasteiger partial charge in [0.1, 0.15) is 5.75 Å². The zero-order valence-electron chi connectivity index (χ0n) is 8.59. The number of benzene rings is 1. The van der Waals surface area contributed by atoms with E-state index in [-0.39, 0.29) is 0 Å². The molecule has 1 aromatic carbocycles. The first-order valence-corrected chi connectivity index (χ1v) is 5.66. The van der Waals surface area contributed by atoms with Crippen LogP contribution in [-0.4, -0.2) is 22.2 Å². The molecule has 1 aromatic rings. The van der Waals surface area contributed by atoms with Gasteiger partial charge in [-0.05, 0) is 6.07 Å². The number of carboxylic acid groups (broad SMARTS) is 2. The molecule has 2 N–H and O–H groups in total. The second-order valence-corrected chi connectivity index (χ2v) is 3.56. The molecular formula is C11H9BrO5. The van der Waals surface area contributed by atoms with Crippen LogP contribution in [-0.2, 0) is 14.9 Å². The lowest BCUT2D eigenvalue weighted by Crippen LogP contribution is -2.10. The molecule has 0 aliphatic heterocycles. The predicted octanol–water partition coefficient (Wildman–Crippen LogP) is 2.01. The van der Waals surface area contributed by atoms with E-state index in [4.69, 9.17) is 14.9 Å². The molecule has 0 amide bonds. The summed E-state index contributed by atoms with van der Waals surface area (Å²) >= 11 is 3.22. The molecule has 5 nitrogen and oxygen atoms in total. The number of ether oxygens (including phenoxy) is 1. The van der Waals surface area contributed by atoms with E-state index in [0.29, 0.717) is 17.2 Å². The van der Waals surface area contributed by atoms with E-state index in [2.05, 4.69) is 15.9 Å². The Labute approximate surface area is 105 Å². The summed E-state index contributed by atoms with van der Waals surface area (Å²) < 4.78 is 5.06. The van der Waals surface area contributed by atoms with Crippen molar-refractivity contribution >= 4 is 27.9 Å². The minimum atomic E-state index is -1.43. The molecule has 0 atom stereocenters. The number of carbonyl (C=O) groups is 2. The molecule has 0 spiro atoms. The van der Waals surface area contributed by atoms with Crippen molar-refractivity contribution in [1.82, 2.24) is 0 Å². The van der Waals surface area contributed by atoms with Crippen molar-refractivity contribution in [3.63, 3.8) is 0 Å². The van der Waals surface area contributed by atoms with E-state index >= 15 is 0 Å². The highest BCUT2D eigenvalue weighted by Crippen LogP contribution is 2.22. The Morgan fingerprint density at radius 1 is 1.29 bits per heavy atom. The van der Waals surface area contributed by atoms with Gasteiger partial charge in [0.25, 0.3) is 0 Å². The Morgan fingerprint density at radius 2 is 1.94 bits per heavy atom. The summed E-state index contributed by atoms with van der Waals surface area (Å²) in [6, 6.07) is 6.74. The van der Waals surface area contributed by atoms with Gasteiger partial charge in [-0.3, -0.25) is 0 Å². The number of para-hydroxylation sites is 1. The molecular weight excluding hydrogens is 292 g/mol. The lowest BCUT2D eigenvalue weighted by atomic mass is 10.2. The van der Waals surface area contributed by atoms with Gasteiger partial charge in [-0.1, -0.05) is 34.1 Å². The largest absolute Gasteiger partial charge is 0.478 e. The smallest absolute Gasteiger partial charge is 0.372 e. The number of aliphatic carboxylic acids is 2. The van der Waals surface area contributed by atoms with Crippen LogP contribution < -0.4 is 4.74 Å². The molecule has 0 fully saturated rings. The van der Waals surface area contributed by atoms with Gasteiger partial charge in [0.15, 0.2) is 0 Å². The zero-order valence-corrected chi connectivity index (χ0v) is 10.2. The molecule has 17 heavy (non-hydrogen) atoms. The van der Waals surface area contributed by atoms with Gasteiger partial charge in [0, 0.05) is 10.9 Å². The minimum absolute atomic E-state index is 0.305. The number of halogens is 1. The molecule has 0 saturated carbocycles. The third-order valence-corrected chi connectivity index (χ3v) is 2.41. The maximum Gasteiger partial charge on any atom is 0.372 e. The first-order chi connectivity index (χ1) is 8.04. The molecule has 0 radical (unpaired) electrons. The Bertz CT molecular complexity index is 467. The molecule has 0 saturated heterocycles. The number of carboxylic acids is 2. The Kier molecular flexibility index (Phi) is 4.71. The van der Waals surface area contributed by atoms with Gasteiger partial charge >= 0.3 is 11.9 Å². The SMILES string of the molecule is O=C(O)/C=C(\Oc1ccccc1CBr)C(=O)O. The minimum Gasteiger partial charge on any atom is -0.478 e. The fourth-order valence-corrected chi connectivity index (χ4v) is 1.54. The van der Waals surface area contributed by atoms with Crippen molar-refractivity contribution < 1.29 is 24.5 Å². The van der Waals surface area contributed by atoms with Gasteiger partial charge < -0.3 is 14.9 Å². The Balaban J connectivity index is 3.02. The van der Waals surface area contributed by atoms with Crippen LogP contribution in [0.15, 0.2) is 36.1 Å². The summed E-state index contributed by atoms with van der Waals surface area (Å²) in [4.78, 5) is 21.2. The van der Waals surface area contributed by atoms with Crippen molar-refractivity contribution in [3.05, 3.63) is 41.7 Å². The molecule has 0 aliphatic rings. The van der Waals surface area contributed by atoms with E-state index in [1.165, 1.54) is 0 Å². The quantitative estimate of drug-likeness (QED) is 0.494. The average Bonchev–Trinajstić information content (AvgIpc) is 2.28. The van der Waals surface area contributed by atoms with Crippen molar-refractivity contribution in [3.8, 4) is 5.75 Å². The molecule has 0 aromatic heterocycles. The predicted molar refractivity (Wildman–Crippen MR) is 63.1 cm³/mol. The number of rotatable bonds is 5. The first-order valence-electron chi connectivity index (χ1n) is 4.54. The fraction of sp³-hybridized carbons (Fsp3) is 0.0909. The van der Waals surface area contributed by atoms with Crippen LogP contribution in [0.3, 0.4) is 0 Å². The van der Waals surface area contributed by atoms with E-state index in [1.807, 2.05) is 0 Å². The normalized spacial score (nSPS) is 11.0. The van der Waals surface area contributed by atoms with Gasteiger partial charge in [0.05, 0.1) is 6.08 Å². The van der Waals surface area contributed by atoms with Crippen LogP contribution in [0.25, 0.3) is 0 Å². The van der Waals surface area contributed by atoms with Crippen LogP contribution in [0.5, 0.6) is 5.75 Å². The fourth-order valence-electron chi connectivity index (χ4n) is 1.08. The summed E-state index contributed by atoms with van der Waals surface area (Å²) in [5, 5.41) is 17.8. The molecule has 0 aliphatic carbocycles. The molecule has 0 unspecified atom stereocenters. The standard InChI is InChI=1S/C11H9BrO5/c12-6-7-3-1-2-4-8(7)17-9(11(15)16)5-10(13)14/h1-5H,6H2,(H,13,14)(H,15,16)/b9-5-. The molecule has 0 heterocycles. The summed E-state index contributed by atoms with van der Waals surface area (Å²) in [7, 11) is 0. The van der Waals surface area contributed by atoms with E-state index < -0.39 is 17.7 Å². The maximum absolute atomic E-state index is 10.8. The highest BCUT2D eigenvalue weighted by molar-refractivity contribution is 9.08. The zero-order chi connectivity index (χ0) is 12.8. The summed E-state index contributed by atoms with van der Waals surface area (Å²) in [6.45, 7) is 0. The van der Waals surface area contributed by atoms with Crippen LogP contribution in [0, 0.1) is 0 Å². The van der Waals surface area contributed by atoms with Crippen LogP contribution >= 0.6 is 15.9 Å². The number of alkyl halides is 1. The lowest BCUT2D eigenvalue weighted by molar-refractivity contribution is -0.137. The number of hydrogen-bond donors (Lipinski definition) is 2.